The molecule has 3 amide bonds. The molecule has 2 aliphatic rings. The highest BCUT2D eigenvalue weighted by atomic mass is 16.2. The van der Waals surface area contributed by atoms with Gasteiger partial charge in [-0.2, -0.15) is 0 Å². The summed E-state index contributed by atoms with van der Waals surface area (Å²) in [5.74, 6) is 0.703. The third kappa shape index (κ3) is 5.40. The Labute approximate surface area is 140 Å². The number of likely N-dealkylation sites (tertiary alicyclic amines) is 1. The Kier molecular flexibility index (Phi) is 6.72. The fourth-order valence-corrected chi connectivity index (χ4v) is 3.36. The monoisotopic (exact) mass is 323 g/mol. The first-order chi connectivity index (χ1) is 11.0. The average Bonchev–Trinajstić information content (AvgIpc) is 2.55. The van der Waals surface area contributed by atoms with Gasteiger partial charge < -0.3 is 15.5 Å². The van der Waals surface area contributed by atoms with Crippen LogP contribution in [0.1, 0.15) is 65.7 Å². The van der Waals surface area contributed by atoms with Crippen LogP contribution < -0.4 is 10.6 Å². The van der Waals surface area contributed by atoms with Gasteiger partial charge in [0.05, 0.1) is 0 Å². The van der Waals surface area contributed by atoms with Crippen molar-refractivity contribution in [3.8, 4) is 0 Å². The third-order valence-corrected chi connectivity index (χ3v) is 5.46. The van der Waals surface area contributed by atoms with Gasteiger partial charge in [0.15, 0.2) is 0 Å². The predicted octanol–water partition coefficient (Wildman–Crippen LogP) is 2.90. The lowest BCUT2D eigenvalue weighted by atomic mass is 9.92. The summed E-state index contributed by atoms with van der Waals surface area (Å²) in [6.07, 6.45) is 7.58. The Hall–Kier alpha value is -1.26. The summed E-state index contributed by atoms with van der Waals surface area (Å²) in [7, 11) is 0. The third-order valence-electron chi connectivity index (χ3n) is 5.46. The molecule has 0 bridgehead atoms. The number of piperidine rings is 1. The molecule has 2 N–H and O–H groups in total. The summed E-state index contributed by atoms with van der Waals surface area (Å²) in [4.78, 5) is 26.5. The normalized spacial score (nSPS) is 22.0. The van der Waals surface area contributed by atoms with Crippen molar-refractivity contribution in [2.45, 2.75) is 77.8 Å². The first kappa shape index (κ1) is 18.1. The molecule has 0 aromatic heterocycles. The second-order valence-electron chi connectivity index (χ2n) is 7.59. The second kappa shape index (κ2) is 8.55. The number of rotatable bonds is 4. The van der Waals surface area contributed by atoms with Crippen molar-refractivity contribution in [3.63, 3.8) is 0 Å². The van der Waals surface area contributed by atoms with Gasteiger partial charge in [0, 0.05) is 31.1 Å². The maximum atomic E-state index is 12.4. The number of hydrogen-bond donors (Lipinski definition) is 2. The van der Waals surface area contributed by atoms with E-state index in [1.807, 2.05) is 11.8 Å². The van der Waals surface area contributed by atoms with E-state index in [1.165, 1.54) is 19.3 Å². The molecule has 1 saturated carbocycles. The summed E-state index contributed by atoms with van der Waals surface area (Å²) in [6.45, 7) is 7.60. The number of nitrogens with one attached hydrogen (secondary N) is 2. The minimum atomic E-state index is 0.0114. The molecule has 23 heavy (non-hydrogen) atoms. The molecule has 1 atom stereocenters. The van der Waals surface area contributed by atoms with E-state index in [0.29, 0.717) is 25.0 Å². The molecule has 132 valence electrons. The fraction of sp³-hybridized carbons (Fsp3) is 0.889. The number of urea groups is 1. The first-order valence-electron chi connectivity index (χ1n) is 9.33. The topological polar surface area (TPSA) is 61.4 Å². The number of amides is 3. The van der Waals surface area contributed by atoms with Crippen molar-refractivity contribution in [3.05, 3.63) is 0 Å². The number of nitrogens with zero attached hydrogens (tertiary/aromatic N) is 1. The molecule has 1 saturated heterocycles. The molecule has 1 aliphatic carbocycles. The molecule has 2 fully saturated rings. The molecule has 0 radical (unpaired) electrons. The van der Waals surface area contributed by atoms with E-state index in [9.17, 15) is 9.59 Å². The van der Waals surface area contributed by atoms with Crippen molar-refractivity contribution in [2.75, 3.05) is 13.1 Å². The maximum Gasteiger partial charge on any atom is 0.317 e. The van der Waals surface area contributed by atoms with Crippen LogP contribution in [0.25, 0.3) is 0 Å². The van der Waals surface area contributed by atoms with Crippen molar-refractivity contribution in [1.82, 2.24) is 15.5 Å². The SMILES string of the molecule is CC(C)C(C)NC(=O)N1CCC(C(=O)NC2CCCCC2)CC1. The van der Waals surface area contributed by atoms with Gasteiger partial charge >= 0.3 is 6.03 Å². The summed E-state index contributed by atoms with van der Waals surface area (Å²) in [5.41, 5.74) is 0. The Morgan fingerprint density at radius 1 is 0.957 bits per heavy atom. The Bertz CT molecular complexity index is 397. The van der Waals surface area contributed by atoms with Gasteiger partial charge in [-0.3, -0.25) is 4.79 Å². The number of hydrogen-bond acceptors (Lipinski definition) is 2. The Morgan fingerprint density at radius 2 is 1.57 bits per heavy atom. The summed E-state index contributed by atoms with van der Waals surface area (Å²) < 4.78 is 0. The van der Waals surface area contributed by atoms with Gasteiger partial charge in [0.1, 0.15) is 0 Å². The predicted molar refractivity (Wildman–Crippen MR) is 92.1 cm³/mol. The molecule has 1 heterocycles. The van der Waals surface area contributed by atoms with Gasteiger partial charge in [-0.15, -0.1) is 0 Å². The van der Waals surface area contributed by atoms with Crippen molar-refractivity contribution in [2.24, 2.45) is 11.8 Å². The summed E-state index contributed by atoms with van der Waals surface area (Å²) >= 11 is 0. The van der Waals surface area contributed by atoms with Crippen LogP contribution in [0.2, 0.25) is 0 Å². The van der Waals surface area contributed by atoms with Crippen molar-refractivity contribution in [1.29, 1.82) is 0 Å². The molecular formula is C18H33N3O2. The zero-order chi connectivity index (χ0) is 16.8. The molecule has 0 spiro atoms. The lowest BCUT2D eigenvalue weighted by molar-refractivity contribution is -0.127. The van der Waals surface area contributed by atoms with Crippen LogP contribution in [-0.2, 0) is 4.79 Å². The molecule has 5 nitrogen and oxygen atoms in total. The van der Waals surface area contributed by atoms with Gasteiger partial charge in [-0.05, 0) is 38.5 Å². The van der Waals surface area contributed by atoms with Crippen LogP contribution in [-0.4, -0.2) is 42.0 Å². The number of carbonyl (C=O) groups excluding carboxylic acids is 2. The molecule has 1 unspecified atom stereocenters. The van der Waals surface area contributed by atoms with Gasteiger partial charge in [-0.25, -0.2) is 4.79 Å². The quantitative estimate of drug-likeness (QED) is 0.835. The van der Waals surface area contributed by atoms with Crippen LogP contribution in [0.3, 0.4) is 0 Å². The largest absolute Gasteiger partial charge is 0.353 e. The summed E-state index contributed by atoms with van der Waals surface area (Å²) in [5, 5.41) is 6.27. The minimum absolute atomic E-state index is 0.0114. The summed E-state index contributed by atoms with van der Waals surface area (Å²) in [6, 6.07) is 0.566. The van der Waals surface area contributed by atoms with E-state index in [0.717, 1.165) is 25.7 Å². The maximum absolute atomic E-state index is 12.4. The van der Waals surface area contributed by atoms with Crippen LogP contribution in [0.4, 0.5) is 4.79 Å². The van der Waals surface area contributed by atoms with E-state index in [2.05, 4.69) is 24.5 Å². The Balaban J connectivity index is 1.72. The standard InChI is InChI=1S/C18H33N3O2/c1-13(2)14(3)19-18(23)21-11-9-15(10-12-21)17(22)20-16-7-5-4-6-8-16/h13-16H,4-12H2,1-3H3,(H,19,23)(H,20,22). The zero-order valence-electron chi connectivity index (χ0n) is 14.9. The van der Waals surface area contributed by atoms with E-state index in [1.54, 1.807) is 0 Å². The number of carbonyl (C=O) groups is 2. The Morgan fingerprint density at radius 3 is 2.13 bits per heavy atom. The van der Waals surface area contributed by atoms with Crippen LogP contribution >= 0.6 is 0 Å². The van der Waals surface area contributed by atoms with E-state index in [4.69, 9.17) is 0 Å². The van der Waals surface area contributed by atoms with E-state index in [-0.39, 0.29) is 23.9 Å². The second-order valence-corrected chi connectivity index (χ2v) is 7.59. The van der Waals surface area contributed by atoms with Crippen LogP contribution in [0.15, 0.2) is 0 Å². The van der Waals surface area contributed by atoms with Crippen molar-refractivity contribution >= 4 is 11.9 Å². The van der Waals surface area contributed by atoms with Crippen LogP contribution in [0, 0.1) is 11.8 Å². The minimum Gasteiger partial charge on any atom is -0.353 e. The molecule has 1 aliphatic heterocycles. The van der Waals surface area contributed by atoms with E-state index >= 15 is 0 Å². The molecular weight excluding hydrogens is 290 g/mol. The molecule has 0 aromatic rings. The highest BCUT2D eigenvalue weighted by Gasteiger charge is 2.29. The molecule has 0 aromatic carbocycles. The van der Waals surface area contributed by atoms with Gasteiger partial charge in [0.2, 0.25) is 5.91 Å². The van der Waals surface area contributed by atoms with Crippen LogP contribution in [0.5, 0.6) is 0 Å². The van der Waals surface area contributed by atoms with Gasteiger partial charge in [0.25, 0.3) is 0 Å². The fourth-order valence-electron chi connectivity index (χ4n) is 3.36. The highest BCUT2D eigenvalue weighted by Crippen LogP contribution is 2.21. The first-order valence-corrected chi connectivity index (χ1v) is 9.33. The zero-order valence-corrected chi connectivity index (χ0v) is 14.9. The smallest absolute Gasteiger partial charge is 0.317 e. The lowest BCUT2D eigenvalue weighted by Gasteiger charge is -2.33. The molecule has 2 rings (SSSR count). The lowest BCUT2D eigenvalue weighted by Crippen LogP contribution is -2.50. The average molecular weight is 323 g/mol. The van der Waals surface area contributed by atoms with E-state index < -0.39 is 0 Å². The van der Waals surface area contributed by atoms with Crippen molar-refractivity contribution < 1.29 is 9.59 Å². The highest BCUT2D eigenvalue weighted by molar-refractivity contribution is 5.80. The molecule has 5 heteroatoms. The van der Waals surface area contributed by atoms with Gasteiger partial charge in [-0.1, -0.05) is 33.1 Å².